The zero-order valence-electron chi connectivity index (χ0n) is 14.0. The highest BCUT2D eigenvalue weighted by atomic mass is 16.5. The molecule has 23 heavy (non-hydrogen) atoms. The predicted octanol–water partition coefficient (Wildman–Crippen LogP) is 3.71. The van der Waals surface area contributed by atoms with Crippen LogP contribution in [0.2, 0.25) is 0 Å². The molecule has 0 saturated carbocycles. The van der Waals surface area contributed by atoms with Crippen LogP contribution in [0.25, 0.3) is 0 Å². The van der Waals surface area contributed by atoms with Crippen LogP contribution in [0.5, 0.6) is 5.75 Å². The van der Waals surface area contributed by atoms with Crippen molar-refractivity contribution in [2.75, 3.05) is 18.6 Å². The summed E-state index contributed by atoms with van der Waals surface area (Å²) < 4.78 is 10.7. The highest BCUT2D eigenvalue weighted by Crippen LogP contribution is 2.33. The van der Waals surface area contributed by atoms with Crippen LogP contribution in [0, 0.1) is 6.92 Å². The van der Waals surface area contributed by atoms with E-state index in [0.717, 1.165) is 29.8 Å². The van der Waals surface area contributed by atoms with Gasteiger partial charge in [-0.2, -0.15) is 0 Å². The average molecular weight is 314 g/mol. The number of fused-ring (bicyclic) bond motifs is 1. The van der Waals surface area contributed by atoms with Gasteiger partial charge in [0.1, 0.15) is 11.3 Å². The molecule has 2 heterocycles. The van der Waals surface area contributed by atoms with Gasteiger partial charge in [-0.25, -0.2) is 0 Å². The Morgan fingerprint density at radius 3 is 2.87 bits per heavy atom. The quantitative estimate of drug-likeness (QED) is 0.866. The van der Waals surface area contributed by atoms with E-state index in [1.165, 1.54) is 0 Å². The number of amides is 1. The number of aromatic nitrogens is 1. The van der Waals surface area contributed by atoms with E-state index in [2.05, 4.69) is 5.16 Å². The molecule has 0 fully saturated rings. The Morgan fingerprint density at radius 1 is 1.39 bits per heavy atom. The van der Waals surface area contributed by atoms with Gasteiger partial charge < -0.3 is 14.2 Å². The number of hydrogen-bond acceptors (Lipinski definition) is 4. The third-order valence-electron chi connectivity index (χ3n) is 4.28. The number of methoxy groups -OCH3 is 1. The van der Waals surface area contributed by atoms with E-state index in [0.29, 0.717) is 23.6 Å². The normalized spacial score (nSPS) is 14.0. The number of aryl methyl sites for hydroxylation is 2. The first-order valence-electron chi connectivity index (χ1n) is 7.98. The van der Waals surface area contributed by atoms with Gasteiger partial charge in [0, 0.05) is 18.2 Å². The van der Waals surface area contributed by atoms with Crippen molar-refractivity contribution in [2.45, 2.75) is 39.5 Å². The van der Waals surface area contributed by atoms with Crippen molar-refractivity contribution in [3.05, 3.63) is 40.8 Å². The Bertz CT molecular complexity index is 734. The lowest BCUT2D eigenvalue weighted by Gasteiger charge is -2.30. The number of benzene rings is 1. The van der Waals surface area contributed by atoms with E-state index in [1.807, 2.05) is 43.9 Å². The first kappa shape index (κ1) is 15.6. The molecule has 2 aromatic rings. The molecule has 122 valence electrons. The molecule has 0 bridgehead atoms. The monoisotopic (exact) mass is 314 g/mol. The fraction of sp³-hybridized carbons (Fsp3) is 0.444. The third kappa shape index (κ3) is 2.71. The van der Waals surface area contributed by atoms with Gasteiger partial charge in [-0.15, -0.1) is 0 Å². The second-order valence-electron chi connectivity index (χ2n) is 6.22. The molecular weight excluding hydrogens is 292 g/mol. The van der Waals surface area contributed by atoms with Crippen molar-refractivity contribution in [1.82, 2.24) is 5.16 Å². The molecule has 5 heteroatoms. The molecule has 3 rings (SSSR count). The molecule has 0 unspecified atom stereocenters. The maximum absolute atomic E-state index is 13.1. The molecule has 5 nitrogen and oxygen atoms in total. The Balaban J connectivity index is 2.01. The van der Waals surface area contributed by atoms with Crippen molar-refractivity contribution in [3.63, 3.8) is 0 Å². The lowest BCUT2D eigenvalue weighted by molar-refractivity contribution is 0.0982. The third-order valence-corrected chi connectivity index (χ3v) is 4.28. The lowest BCUT2D eigenvalue weighted by atomic mass is 9.98. The predicted molar refractivity (Wildman–Crippen MR) is 88.3 cm³/mol. The van der Waals surface area contributed by atoms with Gasteiger partial charge in [0.2, 0.25) is 0 Å². The molecule has 1 aliphatic heterocycles. The molecule has 0 aliphatic carbocycles. The number of carbonyl (C=O) groups is 1. The maximum atomic E-state index is 13.1. The van der Waals surface area contributed by atoms with Gasteiger partial charge in [0.05, 0.1) is 12.8 Å². The van der Waals surface area contributed by atoms with Crippen molar-refractivity contribution >= 4 is 11.6 Å². The Kier molecular flexibility index (Phi) is 4.11. The van der Waals surface area contributed by atoms with E-state index in [4.69, 9.17) is 9.26 Å². The lowest BCUT2D eigenvalue weighted by Crippen LogP contribution is -2.36. The van der Waals surface area contributed by atoms with Crippen molar-refractivity contribution in [3.8, 4) is 5.75 Å². The van der Waals surface area contributed by atoms with E-state index >= 15 is 0 Å². The Morgan fingerprint density at radius 2 is 2.17 bits per heavy atom. The molecule has 1 aliphatic rings. The number of ether oxygens (including phenoxy) is 1. The van der Waals surface area contributed by atoms with Gasteiger partial charge in [-0.1, -0.05) is 19.0 Å². The molecule has 1 amide bonds. The Hall–Kier alpha value is -2.30. The topological polar surface area (TPSA) is 55.6 Å². The number of hydrogen-bond donors (Lipinski definition) is 0. The van der Waals surface area contributed by atoms with Crippen LogP contribution < -0.4 is 9.64 Å². The van der Waals surface area contributed by atoms with Crippen molar-refractivity contribution in [2.24, 2.45) is 0 Å². The molecule has 1 aromatic carbocycles. The van der Waals surface area contributed by atoms with Gasteiger partial charge in [-0.3, -0.25) is 4.79 Å². The summed E-state index contributed by atoms with van der Waals surface area (Å²) in [6.07, 6.45) is 1.89. The zero-order chi connectivity index (χ0) is 16.6. The minimum atomic E-state index is -0.0291. The highest BCUT2D eigenvalue weighted by Gasteiger charge is 2.30. The maximum Gasteiger partial charge on any atom is 0.263 e. The SMILES string of the molecule is COc1ccc2c(c1)CCCN2C(=O)c1c(C)noc1C(C)C. The van der Waals surface area contributed by atoms with E-state index in [1.54, 1.807) is 7.11 Å². The molecule has 0 saturated heterocycles. The van der Waals surface area contributed by atoms with Crippen LogP contribution >= 0.6 is 0 Å². The highest BCUT2D eigenvalue weighted by molar-refractivity contribution is 6.08. The van der Waals surface area contributed by atoms with Crippen LogP contribution in [0.3, 0.4) is 0 Å². The summed E-state index contributed by atoms with van der Waals surface area (Å²) in [5, 5.41) is 3.99. The number of carbonyl (C=O) groups excluding carboxylic acids is 1. The van der Waals surface area contributed by atoms with Gasteiger partial charge in [0.15, 0.2) is 5.76 Å². The van der Waals surface area contributed by atoms with Crippen molar-refractivity contribution < 1.29 is 14.1 Å². The van der Waals surface area contributed by atoms with Gasteiger partial charge in [0.25, 0.3) is 5.91 Å². The molecule has 0 atom stereocenters. The number of rotatable bonds is 3. The second kappa shape index (κ2) is 6.07. The zero-order valence-corrected chi connectivity index (χ0v) is 14.0. The van der Waals surface area contributed by atoms with Gasteiger partial charge in [-0.05, 0) is 43.5 Å². The largest absolute Gasteiger partial charge is 0.497 e. The summed E-state index contributed by atoms with van der Waals surface area (Å²) in [6.45, 7) is 6.54. The van der Waals surface area contributed by atoms with E-state index < -0.39 is 0 Å². The number of anilines is 1. The van der Waals surface area contributed by atoms with Crippen LogP contribution in [-0.4, -0.2) is 24.7 Å². The fourth-order valence-corrected chi connectivity index (χ4v) is 3.09. The summed E-state index contributed by atoms with van der Waals surface area (Å²) in [4.78, 5) is 15.0. The van der Waals surface area contributed by atoms with Crippen molar-refractivity contribution in [1.29, 1.82) is 0 Å². The average Bonchev–Trinajstić information content (AvgIpc) is 2.95. The summed E-state index contributed by atoms with van der Waals surface area (Å²) in [5.41, 5.74) is 3.35. The summed E-state index contributed by atoms with van der Waals surface area (Å²) in [6, 6.07) is 5.87. The van der Waals surface area contributed by atoms with Crippen LogP contribution in [0.1, 0.15) is 53.6 Å². The summed E-state index contributed by atoms with van der Waals surface area (Å²) in [7, 11) is 1.66. The molecule has 1 aromatic heterocycles. The van der Waals surface area contributed by atoms with Crippen LogP contribution in [0.15, 0.2) is 22.7 Å². The molecule has 0 radical (unpaired) electrons. The summed E-state index contributed by atoms with van der Waals surface area (Å²) >= 11 is 0. The standard InChI is InChI=1S/C18H22N2O3/c1-11(2)17-16(12(3)19-23-17)18(21)20-9-5-6-13-10-14(22-4)7-8-15(13)20/h7-8,10-11H,5-6,9H2,1-4H3. The fourth-order valence-electron chi connectivity index (χ4n) is 3.09. The number of nitrogens with zero attached hydrogens (tertiary/aromatic N) is 2. The van der Waals surface area contributed by atoms with E-state index in [9.17, 15) is 4.79 Å². The first-order valence-corrected chi connectivity index (χ1v) is 7.98. The van der Waals surface area contributed by atoms with Crippen LogP contribution in [-0.2, 0) is 6.42 Å². The Labute approximate surface area is 136 Å². The second-order valence-corrected chi connectivity index (χ2v) is 6.22. The minimum Gasteiger partial charge on any atom is -0.497 e. The summed E-state index contributed by atoms with van der Waals surface area (Å²) in [5.74, 6) is 1.57. The van der Waals surface area contributed by atoms with Crippen LogP contribution in [0.4, 0.5) is 5.69 Å². The smallest absolute Gasteiger partial charge is 0.263 e. The van der Waals surface area contributed by atoms with Gasteiger partial charge >= 0.3 is 0 Å². The van der Waals surface area contributed by atoms with E-state index in [-0.39, 0.29) is 11.8 Å². The molecular formula is C18H22N2O3. The first-order chi connectivity index (χ1) is 11.0. The minimum absolute atomic E-state index is 0.0291. The molecule has 0 spiro atoms. The molecule has 0 N–H and O–H groups in total.